The van der Waals surface area contributed by atoms with Crippen LogP contribution in [0.3, 0.4) is 0 Å². The number of benzene rings is 2. The fourth-order valence-electron chi connectivity index (χ4n) is 4.47. The highest BCUT2D eigenvalue weighted by molar-refractivity contribution is 5.86. The van der Waals surface area contributed by atoms with E-state index in [4.69, 9.17) is 4.42 Å². The normalized spacial score (nSPS) is 19.6. The number of nitrogens with one attached hydrogen (secondary N) is 2. The molecule has 0 bridgehead atoms. The topological polar surface area (TPSA) is 112 Å². The van der Waals surface area contributed by atoms with Crippen molar-refractivity contribution in [3.63, 3.8) is 0 Å². The summed E-state index contributed by atoms with van der Waals surface area (Å²) in [4.78, 5) is 39.3. The summed E-state index contributed by atoms with van der Waals surface area (Å²) in [5, 5.41) is 12.6. The minimum absolute atomic E-state index is 0.286. The molecule has 0 spiro atoms. The summed E-state index contributed by atoms with van der Waals surface area (Å²) in [6.45, 7) is 4.22. The van der Waals surface area contributed by atoms with Gasteiger partial charge in [0, 0.05) is 5.56 Å². The lowest BCUT2D eigenvalue weighted by Crippen LogP contribution is -2.38. The van der Waals surface area contributed by atoms with Crippen LogP contribution >= 0.6 is 0 Å². The van der Waals surface area contributed by atoms with Crippen molar-refractivity contribution in [1.82, 2.24) is 10.3 Å². The van der Waals surface area contributed by atoms with Gasteiger partial charge < -0.3 is 14.8 Å². The maximum Gasteiger partial charge on any atom is 0.417 e. The van der Waals surface area contributed by atoms with Crippen molar-refractivity contribution in [2.24, 2.45) is 11.8 Å². The lowest BCUT2D eigenvalue weighted by molar-refractivity contribution is -0.146. The number of hydrogen-bond donors (Lipinski definition) is 3. The number of amides is 1. The molecule has 1 fully saturated rings. The van der Waals surface area contributed by atoms with E-state index < -0.39 is 29.6 Å². The molecule has 7 nitrogen and oxygen atoms in total. The van der Waals surface area contributed by atoms with Crippen molar-refractivity contribution >= 4 is 23.0 Å². The Balaban J connectivity index is 1.74. The molecule has 0 radical (unpaired) electrons. The predicted octanol–water partition coefficient (Wildman–Crippen LogP) is 3.95. The minimum Gasteiger partial charge on any atom is -0.481 e. The predicted molar refractivity (Wildman–Crippen MR) is 116 cm³/mol. The first-order chi connectivity index (χ1) is 14.8. The number of aromatic nitrogens is 1. The van der Waals surface area contributed by atoms with E-state index in [0.717, 1.165) is 5.56 Å². The van der Waals surface area contributed by atoms with Crippen molar-refractivity contribution in [1.29, 1.82) is 0 Å². The summed E-state index contributed by atoms with van der Waals surface area (Å²) >= 11 is 0. The third-order valence-electron chi connectivity index (χ3n) is 6.19. The summed E-state index contributed by atoms with van der Waals surface area (Å²) in [6, 6.07) is 12.7. The van der Waals surface area contributed by atoms with Gasteiger partial charge in [-0.2, -0.15) is 0 Å². The number of fused-ring (bicyclic) bond motifs is 1. The second-order valence-corrected chi connectivity index (χ2v) is 8.48. The molecule has 0 saturated heterocycles. The van der Waals surface area contributed by atoms with E-state index in [2.05, 4.69) is 24.1 Å². The van der Waals surface area contributed by atoms with Gasteiger partial charge in [-0.15, -0.1) is 0 Å². The lowest BCUT2D eigenvalue weighted by Gasteiger charge is -2.24. The Kier molecular flexibility index (Phi) is 5.67. The van der Waals surface area contributed by atoms with Gasteiger partial charge in [0.2, 0.25) is 5.91 Å². The Labute approximate surface area is 179 Å². The molecule has 1 amide bonds. The van der Waals surface area contributed by atoms with Crippen LogP contribution in [0.5, 0.6) is 0 Å². The van der Waals surface area contributed by atoms with E-state index >= 15 is 0 Å². The molecule has 1 saturated carbocycles. The van der Waals surface area contributed by atoms with Gasteiger partial charge in [0.1, 0.15) is 0 Å². The summed E-state index contributed by atoms with van der Waals surface area (Å²) < 4.78 is 5.20. The SMILES string of the molecule is CC(C)c1ccc(C(NC(=O)C2CCCC2C(=O)O)c2cccc3oc(=O)[nH]c23)cc1. The third-order valence-corrected chi connectivity index (χ3v) is 6.19. The van der Waals surface area contributed by atoms with Crippen LogP contribution in [0, 0.1) is 11.8 Å². The van der Waals surface area contributed by atoms with Crippen molar-refractivity contribution in [3.05, 3.63) is 69.7 Å². The average molecular weight is 422 g/mol. The Morgan fingerprint density at radius 3 is 2.42 bits per heavy atom. The first-order valence-corrected chi connectivity index (χ1v) is 10.6. The number of oxazole rings is 1. The monoisotopic (exact) mass is 422 g/mol. The molecule has 3 unspecified atom stereocenters. The van der Waals surface area contributed by atoms with E-state index in [1.165, 1.54) is 5.56 Å². The largest absolute Gasteiger partial charge is 0.481 e. The van der Waals surface area contributed by atoms with Crippen LogP contribution in [0.4, 0.5) is 0 Å². The highest BCUT2D eigenvalue weighted by Crippen LogP contribution is 2.34. The number of para-hydroxylation sites is 1. The van der Waals surface area contributed by atoms with Gasteiger partial charge in [-0.05, 0) is 36.0 Å². The molecule has 1 heterocycles. The zero-order valence-electron chi connectivity index (χ0n) is 17.6. The van der Waals surface area contributed by atoms with E-state index in [0.29, 0.717) is 41.8 Å². The van der Waals surface area contributed by atoms with E-state index in [9.17, 15) is 19.5 Å². The maximum absolute atomic E-state index is 13.2. The van der Waals surface area contributed by atoms with E-state index in [-0.39, 0.29) is 5.91 Å². The molecular formula is C24H26N2O5. The standard InChI is InChI=1S/C24H26N2O5/c1-13(2)14-9-11-15(12-10-14)20(18-7-4-8-19-21(18)26-24(30)31-19)25-22(27)16-5-3-6-17(16)23(28)29/h4,7-13,16-17,20H,3,5-6H2,1-2H3,(H,25,27)(H,26,30)(H,28,29). The molecule has 3 N–H and O–H groups in total. The van der Waals surface area contributed by atoms with E-state index in [1.807, 2.05) is 30.3 Å². The fraction of sp³-hybridized carbons (Fsp3) is 0.375. The number of H-pyrrole nitrogens is 1. The highest BCUT2D eigenvalue weighted by Gasteiger charge is 2.38. The fourth-order valence-corrected chi connectivity index (χ4v) is 4.47. The lowest BCUT2D eigenvalue weighted by atomic mass is 9.92. The van der Waals surface area contributed by atoms with Gasteiger partial charge in [-0.1, -0.05) is 56.7 Å². The average Bonchev–Trinajstić information content (AvgIpc) is 3.38. The first kappa shape index (κ1) is 20.9. The molecule has 4 rings (SSSR count). The van der Waals surface area contributed by atoms with Crippen molar-refractivity contribution in [3.8, 4) is 0 Å². The molecule has 31 heavy (non-hydrogen) atoms. The molecule has 162 valence electrons. The summed E-state index contributed by atoms with van der Waals surface area (Å²) in [5.41, 5.74) is 3.64. The van der Waals surface area contributed by atoms with Crippen molar-refractivity contribution in [2.45, 2.75) is 45.1 Å². The van der Waals surface area contributed by atoms with Crippen LogP contribution in [0.1, 0.15) is 61.8 Å². The Morgan fingerprint density at radius 2 is 1.74 bits per heavy atom. The number of carbonyl (C=O) groups is 2. The minimum atomic E-state index is -0.934. The van der Waals surface area contributed by atoms with Gasteiger partial charge in [0.15, 0.2) is 5.58 Å². The second kappa shape index (κ2) is 8.41. The second-order valence-electron chi connectivity index (χ2n) is 8.48. The van der Waals surface area contributed by atoms with Crippen LogP contribution < -0.4 is 11.1 Å². The number of hydrogen-bond acceptors (Lipinski definition) is 4. The van der Waals surface area contributed by atoms with Crippen LogP contribution in [0.15, 0.2) is 51.7 Å². The van der Waals surface area contributed by atoms with Crippen molar-refractivity contribution in [2.75, 3.05) is 0 Å². The summed E-state index contributed by atoms with van der Waals surface area (Å²) in [5.74, 6) is -2.66. The van der Waals surface area contributed by atoms with E-state index in [1.54, 1.807) is 12.1 Å². The maximum atomic E-state index is 13.2. The molecule has 1 aliphatic rings. The van der Waals surface area contributed by atoms with Crippen LogP contribution in [0.25, 0.3) is 11.1 Å². The third kappa shape index (κ3) is 4.13. The van der Waals surface area contributed by atoms with Crippen LogP contribution in [-0.2, 0) is 9.59 Å². The number of rotatable bonds is 6. The van der Waals surface area contributed by atoms with Gasteiger partial charge in [-0.3, -0.25) is 14.6 Å². The number of carboxylic acid groups (broad SMARTS) is 1. The summed E-state index contributed by atoms with van der Waals surface area (Å²) in [7, 11) is 0. The number of aromatic amines is 1. The smallest absolute Gasteiger partial charge is 0.417 e. The Morgan fingerprint density at radius 1 is 1.06 bits per heavy atom. The van der Waals surface area contributed by atoms with Crippen LogP contribution in [-0.4, -0.2) is 22.0 Å². The number of carboxylic acids is 1. The van der Waals surface area contributed by atoms with Gasteiger partial charge in [0.05, 0.1) is 23.4 Å². The molecule has 1 aromatic heterocycles. The quantitative estimate of drug-likeness (QED) is 0.557. The van der Waals surface area contributed by atoms with Gasteiger partial charge in [-0.25, -0.2) is 4.79 Å². The first-order valence-electron chi connectivity index (χ1n) is 10.6. The molecule has 1 aliphatic carbocycles. The molecule has 2 aromatic carbocycles. The Bertz CT molecular complexity index is 1160. The zero-order chi connectivity index (χ0) is 22.1. The molecule has 3 aromatic rings. The van der Waals surface area contributed by atoms with Crippen LogP contribution in [0.2, 0.25) is 0 Å². The number of aliphatic carboxylic acids is 1. The van der Waals surface area contributed by atoms with Gasteiger partial charge in [0.25, 0.3) is 0 Å². The van der Waals surface area contributed by atoms with Crippen molar-refractivity contribution < 1.29 is 19.1 Å². The molecule has 7 heteroatoms. The molecular weight excluding hydrogens is 396 g/mol. The number of carbonyl (C=O) groups excluding carboxylic acids is 1. The molecule has 3 atom stereocenters. The summed E-state index contributed by atoms with van der Waals surface area (Å²) in [6.07, 6.45) is 1.77. The Hall–Kier alpha value is -3.35. The molecule has 0 aliphatic heterocycles. The zero-order valence-corrected chi connectivity index (χ0v) is 17.6. The van der Waals surface area contributed by atoms with Gasteiger partial charge >= 0.3 is 11.7 Å². The highest BCUT2D eigenvalue weighted by atomic mass is 16.4.